The molecule has 3 aromatic rings. The van der Waals surface area contributed by atoms with Gasteiger partial charge < -0.3 is 5.32 Å². The number of hydrogen-bond acceptors (Lipinski definition) is 7. The first-order chi connectivity index (χ1) is 11.8. The molecule has 0 bridgehead atoms. The molecule has 7 nitrogen and oxygen atoms in total. The van der Waals surface area contributed by atoms with Crippen LogP contribution in [0.2, 0.25) is 0 Å². The van der Waals surface area contributed by atoms with Crippen molar-refractivity contribution in [3.05, 3.63) is 35.5 Å². The zero-order valence-corrected chi connectivity index (χ0v) is 15.7. The maximum atomic E-state index is 12.3. The van der Waals surface area contributed by atoms with E-state index in [1.54, 1.807) is 17.4 Å². The van der Waals surface area contributed by atoms with Crippen LogP contribution in [0, 0.1) is 0 Å². The number of amides is 1. The first-order valence-electron chi connectivity index (χ1n) is 7.74. The van der Waals surface area contributed by atoms with Gasteiger partial charge in [-0.1, -0.05) is 6.07 Å². The summed E-state index contributed by atoms with van der Waals surface area (Å²) in [5.41, 5.74) is 0.397. The Morgan fingerprint density at radius 3 is 3.08 bits per heavy atom. The molecule has 2 N–H and O–H groups in total. The van der Waals surface area contributed by atoms with Crippen molar-refractivity contribution in [2.24, 2.45) is 0 Å². The van der Waals surface area contributed by atoms with Crippen LogP contribution in [0.1, 0.15) is 29.4 Å². The lowest BCUT2D eigenvalue weighted by Crippen LogP contribution is -2.32. The van der Waals surface area contributed by atoms with Crippen molar-refractivity contribution in [3.8, 4) is 10.7 Å². The van der Waals surface area contributed by atoms with Crippen molar-refractivity contribution in [3.63, 3.8) is 0 Å². The van der Waals surface area contributed by atoms with Crippen LogP contribution in [-0.2, 0) is 0 Å². The number of rotatable bonds is 4. The normalized spacial score (nSPS) is 17.0. The number of halogens is 1. The van der Waals surface area contributed by atoms with Gasteiger partial charge in [-0.2, -0.15) is 14.5 Å². The van der Waals surface area contributed by atoms with Gasteiger partial charge in [0.1, 0.15) is 0 Å². The molecule has 1 aliphatic heterocycles. The van der Waals surface area contributed by atoms with Crippen molar-refractivity contribution in [1.82, 2.24) is 24.5 Å². The van der Waals surface area contributed by atoms with Gasteiger partial charge in [-0.3, -0.25) is 14.8 Å². The lowest BCUT2D eigenvalue weighted by molar-refractivity contribution is 0.102. The molecule has 1 saturated heterocycles. The van der Waals surface area contributed by atoms with Crippen LogP contribution in [0.25, 0.3) is 10.7 Å². The van der Waals surface area contributed by atoms with E-state index in [2.05, 4.69) is 25.1 Å². The summed E-state index contributed by atoms with van der Waals surface area (Å²) < 4.78 is 6.15. The number of aromatic nitrogens is 4. The van der Waals surface area contributed by atoms with Crippen LogP contribution in [-0.4, -0.2) is 38.1 Å². The van der Waals surface area contributed by atoms with Gasteiger partial charge in [0.25, 0.3) is 5.91 Å². The Balaban J connectivity index is 0.00000182. The number of anilines is 1. The van der Waals surface area contributed by atoms with E-state index < -0.39 is 0 Å². The smallest absolute Gasteiger partial charge is 0.277 e. The monoisotopic (exact) mass is 396 g/mol. The number of thiophene rings is 1. The summed E-state index contributed by atoms with van der Waals surface area (Å²) >= 11 is 2.75. The molecule has 1 fully saturated rings. The van der Waals surface area contributed by atoms with Gasteiger partial charge in [0.15, 0.2) is 11.5 Å². The highest BCUT2D eigenvalue weighted by molar-refractivity contribution is 7.14. The van der Waals surface area contributed by atoms with Crippen LogP contribution in [0.15, 0.2) is 29.8 Å². The minimum atomic E-state index is -0.258. The predicted molar refractivity (Wildman–Crippen MR) is 102 cm³/mol. The second-order valence-electron chi connectivity index (χ2n) is 5.54. The molecule has 4 rings (SSSR count). The highest BCUT2D eigenvalue weighted by Crippen LogP contribution is 2.25. The molecule has 1 atom stereocenters. The summed E-state index contributed by atoms with van der Waals surface area (Å²) in [5, 5.41) is 13.0. The molecule has 0 spiro atoms. The Bertz CT molecular complexity index is 825. The van der Waals surface area contributed by atoms with E-state index in [9.17, 15) is 4.79 Å². The second-order valence-corrected chi connectivity index (χ2v) is 7.24. The van der Waals surface area contributed by atoms with Gasteiger partial charge >= 0.3 is 0 Å². The van der Waals surface area contributed by atoms with Gasteiger partial charge in [0, 0.05) is 24.3 Å². The van der Waals surface area contributed by atoms with Crippen molar-refractivity contribution in [2.45, 2.75) is 18.9 Å². The Hall–Kier alpha value is -1.81. The number of nitrogens with one attached hydrogen (secondary N) is 2. The fourth-order valence-electron chi connectivity index (χ4n) is 2.66. The van der Waals surface area contributed by atoms with Crippen LogP contribution in [0.3, 0.4) is 0 Å². The number of piperidine rings is 1. The van der Waals surface area contributed by atoms with Crippen LogP contribution >= 0.6 is 35.3 Å². The first-order valence-corrected chi connectivity index (χ1v) is 9.40. The Labute approximate surface area is 159 Å². The van der Waals surface area contributed by atoms with E-state index in [1.807, 2.05) is 28.4 Å². The van der Waals surface area contributed by atoms with Crippen molar-refractivity contribution in [2.75, 3.05) is 18.4 Å². The maximum Gasteiger partial charge on any atom is 0.277 e. The van der Waals surface area contributed by atoms with Crippen LogP contribution in [0.4, 0.5) is 5.13 Å². The molecular formula is C15H17ClN6OS2. The average molecular weight is 397 g/mol. The number of carbonyl (C=O) groups excluding carboxylic acids is 1. The summed E-state index contributed by atoms with van der Waals surface area (Å²) in [6, 6.07) is 5.96. The van der Waals surface area contributed by atoms with Crippen molar-refractivity contribution >= 4 is 46.3 Å². The molecule has 0 radical (unpaired) electrons. The van der Waals surface area contributed by atoms with E-state index >= 15 is 0 Å². The van der Waals surface area contributed by atoms with Gasteiger partial charge in [-0.15, -0.1) is 23.7 Å². The molecule has 1 amide bonds. The van der Waals surface area contributed by atoms with Gasteiger partial charge in [0.2, 0.25) is 5.13 Å². The molecule has 0 aromatic carbocycles. The summed E-state index contributed by atoms with van der Waals surface area (Å²) in [5.74, 6) is 0.385. The second kappa shape index (κ2) is 8.05. The molecular weight excluding hydrogens is 380 g/mol. The molecule has 25 heavy (non-hydrogen) atoms. The maximum absolute atomic E-state index is 12.3. The summed E-state index contributed by atoms with van der Waals surface area (Å²) in [7, 11) is 0. The van der Waals surface area contributed by atoms with Gasteiger partial charge in [-0.05, 0) is 36.9 Å². The summed E-state index contributed by atoms with van der Waals surface area (Å²) in [4.78, 5) is 17.7. The topological polar surface area (TPSA) is 84.7 Å². The van der Waals surface area contributed by atoms with E-state index in [-0.39, 0.29) is 18.3 Å². The standard InChI is InChI=1S/C15H16N6OS2.ClH/c22-14(11-5-7-21(19-11)10-3-1-6-16-9-10)18-15-17-13(20-24-15)12-4-2-8-23-12;/h2,4-5,7-8,10,16H,1,3,6,9H2,(H,17,18,20,22);1H. The molecule has 4 heterocycles. The zero-order valence-electron chi connectivity index (χ0n) is 13.2. The first kappa shape index (κ1) is 18.0. The van der Waals surface area contributed by atoms with Crippen LogP contribution < -0.4 is 10.6 Å². The van der Waals surface area contributed by atoms with Gasteiger partial charge in [-0.25, -0.2) is 0 Å². The fraction of sp³-hybridized carbons (Fsp3) is 0.333. The molecule has 132 valence electrons. The molecule has 10 heteroatoms. The third-order valence-corrected chi connectivity index (χ3v) is 5.37. The Morgan fingerprint density at radius 1 is 1.40 bits per heavy atom. The fourth-order valence-corrected chi connectivity index (χ4v) is 3.96. The lowest BCUT2D eigenvalue weighted by atomic mass is 10.1. The number of hydrogen-bond donors (Lipinski definition) is 2. The quantitative estimate of drug-likeness (QED) is 0.707. The average Bonchev–Trinajstić information content (AvgIpc) is 3.36. The van der Waals surface area contributed by atoms with Crippen molar-refractivity contribution < 1.29 is 4.79 Å². The highest BCUT2D eigenvalue weighted by Gasteiger charge is 2.18. The largest absolute Gasteiger partial charge is 0.315 e. The number of nitrogens with zero attached hydrogens (tertiary/aromatic N) is 4. The lowest BCUT2D eigenvalue weighted by Gasteiger charge is -2.22. The molecule has 3 aromatic heterocycles. The Morgan fingerprint density at radius 2 is 2.32 bits per heavy atom. The van der Waals surface area contributed by atoms with Crippen LogP contribution in [0.5, 0.6) is 0 Å². The van der Waals surface area contributed by atoms with E-state index in [4.69, 9.17) is 0 Å². The molecule has 0 saturated carbocycles. The zero-order chi connectivity index (χ0) is 16.4. The summed E-state index contributed by atoms with van der Waals surface area (Å²) in [6.45, 7) is 1.94. The summed E-state index contributed by atoms with van der Waals surface area (Å²) in [6.07, 6.45) is 4.07. The van der Waals surface area contributed by atoms with E-state index in [0.29, 0.717) is 22.7 Å². The minimum Gasteiger partial charge on any atom is -0.315 e. The molecule has 0 aliphatic carbocycles. The van der Waals surface area contributed by atoms with E-state index in [0.717, 1.165) is 30.8 Å². The number of carbonyl (C=O) groups is 1. The SMILES string of the molecule is Cl.O=C(Nc1nc(-c2cccs2)ns1)c1ccn(C2CCCNC2)n1. The highest BCUT2D eigenvalue weighted by atomic mass is 35.5. The van der Waals surface area contributed by atoms with E-state index in [1.165, 1.54) is 11.5 Å². The van der Waals surface area contributed by atoms with Crippen molar-refractivity contribution in [1.29, 1.82) is 0 Å². The predicted octanol–water partition coefficient (Wildman–Crippen LogP) is 3.06. The van der Waals surface area contributed by atoms with Gasteiger partial charge in [0.05, 0.1) is 10.9 Å². The third kappa shape index (κ3) is 4.06. The molecule has 1 unspecified atom stereocenters. The Kier molecular flexibility index (Phi) is 5.79. The molecule has 1 aliphatic rings. The minimum absolute atomic E-state index is 0. The third-order valence-electron chi connectivity index (χ3n) is 3.87.